The van der Waals surface area contributed by atoms with Gasteiger partial charge >= 0.3 is 0 Å². The summed E-state index contributed by atoms with van der Waals surface area (Å²) < 4.78 is 12.1. The summed E-state index contributed by atoms with van der Waals surface area (Å²) >= 11 is 0. The Bertz CT molecular complexity index is 301. The van der Waals surface area contributed by atoms with Crippen LogP contribution in [0.4, 0.5) is 4.39 Å². The zero-order chi connectivity index (χ0) is 11.2. The number of rotatable bonds is 4. The van der Waals surface area contributed by atoms with Crippen molar-refractivity contribution in [2.75, 3.05) is 13.2 Å². The summed E-state index contributed by atoms with van der Waals surface area (Å²) in [5.74, 6) is 0. The third-order valence-electron chi connectivity index (χ3n) is 3.30. The molecular weight excluding hydrogens is 201 g/mol. The van der Waals surface area contributed by atoms with E-state index in [1.807, 2.05) is 0 Å². The van der Waals surface area contributed by atoms with Crippen LogP contribution < -0.4 is 5.32 Å². The van der Waals surface area contributed by atoms with Crippen LogP contribution >= 0.6 is 0 Å². The zero-order valence-corrected chi connectivity index (χ0v) is 9.71. The lowest BCUT2D eigenvalue weighted by molar-refractivity contribution is 0.399. The van der Waals surface area contributed by atoms with Crippen molar-refractivity contribution in [2.24, 2.45) is 0 Å². The number of hydrogen-bond acceptors (Lipinski definition) is 1. The van der Waals surface area contributed by atoms with E-state index >= 15 is 0 Å². The van der Waals surface area contributed by atoms with Crippen LogP contribution in [-0.2, 0) is 12.8 Å². The first kappa shape index (κ1) is 11.6. The van der Waals surface area contributed by atoms with Gasteiger partial charge in [0.1, 0.15) is 0 Å². The highest BCUT2D eigenvalue weighted by atomic mass is 19.1. The van der Waals surface area contributed by atoms with Gasteiger partial charge in [0.05, 0.1) is 6.67 Å². The Hall–Kier alpha value is -0.890. The third-order valence-corrected chi connectivity index (χ3v) is 3.30. The van der Waals surface area contributed by atoms with Crippen LogP contribution in [0.2, 0.25) is 0 Å². The minimum absolute atomic E-state index is 0.260. The van der Waals surface area contributed by atoms with E-state index in [-0.39, 0.29) is 6.67 Å². The molecule has 1 aliphatic rings. The van der Waals surface area contributed by atoms with E-state index in [0.29, 0.717) is 12.5 Å². The number of nitrogens with one attached hydrogen (secondary N) is 1. The monoisotopic (exact) mass is 221 g/mol. The van der Waals surface area contributed by atoms with Gasteiger partial charge in [-0.25, -0.2) is 0 Å². The molecule has 1 nitrogen and oxygen atoms in total. The third kappa shape index (κ3) is 3.31. The Morgan fingerprint density at radius 1 is 1.12 bits per heavy atom. The minimum Gasteiger partial charge on any atom is -0.314 e. The largest absolute Gasteiger partial charge is 0.314 e. The topological polar surface area (TPSA) is 12.0 Å². The first-order valence-electron chi connectivity index (χ1n) is 6.25. The molecule has 1 heterocycles. The van der Waals surface area contributed by atoms with Crippen LogP contribution in [0.25, 0.3) is 0 Å². The summed E-state index contributed by atoms with van der Waals surface area (Å²) in [6.45, 7) is 0.897. The molecule has 0 amide bonds. The normalized spacial score (nSPS) is 20.9. The van der Waals surface area contributed by atoms with Gasteiger partial charge in [0.15, 0.2) is 0 Å². The highest BCUT2D eigenvalue weighted by Crippen LogP contribution is 2.13. The molecule has 0 radical (unpaired) electrons. The first-order chi connectivity index (χ1) is 7.88. The number of benzene rings is 1. The van der Waals surface area contributed by atoms with Crippen LogP contribution in [0.1, 0.15) is 30.4 Å². The van der Waals surface area contributed by atoms with Crippen LogP contribution in [0.5, 0.6) is 0 Å². The van der Waals surface area contributed by atoms with Gasteiger partial charge in [-0.05, 0) is 36.9 Å². The molecule has 1 saturated heterocycles. The standard InChI is InChI=1S/C14H20FN/c15-9-8-12-4-6-13(7-5-12)11-14-3-1-2-10-16-14/h4-7,14,16H,1-3,8-11H2. The molecule has 1 atom stereocenters. The molecule has 0 saturated carbocycles. The molecule has 1 fully saturated rings. The quantitative estimate of drug-likeness (QED) is 0.824. The lowest BCUT2D eigenvalue weighted by atomic mass is 9.97. The van der Waals surface area contributed by atoms with Crippen molar-refractivity contribution in [3.63, 3.8) is 0 Å². The number of hydrogen-bond donors (Lipinski definition) is 1. The van der Waals surface area contributed by atoms with E-state index in [1.54, 1.807) is 0 Å². The van der Waals surface area contributed by atoms with E-state index in [4.69, 9.17) is 0 Å². The van der Waals surface area contributed by atoms with Crippen LogP contribution in [0.3, 0.4) is 0 Å². The van der Waals surface area contributed by atoms with Gasteiger partial charge < -0.3 is 5.32 Å². The molecule has 0 bridgehead atoms. The molecule has 16 heavy (non-hydrogen) atoms. The Balaban J connectivity index is 1.88. The maximum atomic E-state index is 12.1. The van der Waals surface area contributed by atoms with Crippen molar-refractivity contribution in [2.45, 2.75) is 38.1 Å². The summed E-state index contributed by atoms with van der Waals surface area (Å²) in [5.41, 5.74) is 2.46. The molecule has 2 rings (SSSR count). The fourth-order valence-electron chi connectivity index (χ4n) is 2.33. The summed E-state index contributed by atoms with van der Waals surface area (Å²) in [6, 6.07) is 9.03. The van der Waals surface area contributed by atoms with Crippen molar-refractivity contribution in [3.05, 3.63) is 35.4 Å². The van der Waals surface area contributed by atoms with Crippen molar-refractivity contribution in [1.29, 1.82) is 0 Å². The number of aryl methyl sites for hydroxylation is 1. The molecule has 88 valence electrons. The summed E-state index contributed by atoms with van der Waals surface area (Å²) in [6.07, 6.45) is 5.59. The van der Waals surface area contributed by atoms with Gasteiger partial charge in [-0.1, -0.05) is 30.7 Å². The lowest BCUT2D eigenvalue weighted by Gasteiger charge is -2.23. The van der Waals surface area contributed by atoms with Gasteiger partial charge in [0.2, 0.25) is 0 Å². The fraction of sp³-hybridized carbons (Fsp3) is 0.571. The molecule has 2 heteroatoms. The van der Waals surface area contributed by atoms with Gasteiger partial charge in [-0.3, -0.25) is 4.39 Å². The second-order valence-electron chi connectivity index (χ2n) is 4.61. The average Bonchev–Trinajstić information content (AvgIpc) is 2.33. The SMILES string of the molecule is FCCc1ccc(CC2CCCCN2)cc1. The first-order valence-corrected chi connectivity index (χ1v) is 6.25. The number of piperidine rings is 1. The minimum atomic E-state index is -0.260. The van der Waals surface area contributed by atoms with E-state index < -0.39 is 0 Å². The van der Waals surface area contributed by atoms with E-state index in [2.05, 4.69) is 29.6 Å². The molecule has 1 N–H and O–H groups in total. The molecule has 0 spiro atoms. The average molecular weight is 221 g/mol. The Morgan fingerprint density at radius 2 is 1.88 bits per heavy atom. The number of alkyl halides is 1. The van der Waals surface area contributed by atoms with Crippen LogP contribution in [0, 0.1) is 0 Å². The summed E-state index contributed by atoms with van der Waals surface area (Å²) in [7, 11) is 0. The van der Waals surface area contributed by atoms with Crippen LogP contribution in [0.15, 0.2) is 24.3 Å². The Kier molecular flexibility index (Phi) is 4.34. The molecule has 1 aromatic rings. The van der Waals surface area contributed by atoms with Gasteiger partial charge in [-0.2, -0.15) is 0 Å². The molecule has 1 unspecified atom stereocenters. The molecular formula is C14H20FN. The summed E-state index contributed by atoms with van der Waals surface area (Å²) in [5, 5.41) is 3.55. The Labute approximate surface area is 97.1 Å². The predicted octanol–water partition coefficient (Wildman–Crippen LogP) is 2.88. The van der Waals surface area contributed by atoms with E-state index in [9.17, 15) is 4.39 Å². The van der Waals surface area contributed by atoms with Crippen molar-refractivity contribution in [3.8, 4) is 0 Å². The van der Waals surface area contributed by atoms with Crippen molar-refractivity contribution < 1.29 is 4.39 Å². The molecule has 0 aliphatic carbocycles. The number of halogens is 1. The van der Waals surface area contributed by atoms with Gasteiger partial charge in [0.25, 0.3) is 0 Å². The van der Waals surface area contributed by atoms with Gasteiger partial charge in [0, 0.05) is 12.5 Å². The van der Waals surface area contributed by atoms with E-state index in [0.717, 1.165) is 18.5 Å². The second-order valence-corrected chi connectivity index (χ2v) is 4.61. The van der Waals surface area contributed by atoms with Crippen molar-refractivity contribution >= 4 is 0 Å². The molecule has 1 aromatic carbocycles. The summed E-state index contributed by atoms with van der Waals surface area (Å²) in [4.78, 5) is 0. The highest BCUT2D eigenvalue weighted by Gasteiger charge is 2.12. The second kappa shape index (κ2) is 6.00. The fourth-order valence-corrected chi connectivity index (χ4v) is 2.33. The highest BCUT2D eigenvalue weighted by molar-refractivity contribution is 5.23. The van der Waals surface area contributed by atoms with E-state index in [1.165, 1.54) is 24.8 Å². The zero-order valence-electron chi connectivity index (χ0n) is 9.71. The van der Waals surface area contributed by atoms with Crippen LogP contribution in [-0.4, -0.2) is 19.3 Å². The smallest absolute Gasteiger partial charge is 0.0934 e. The molecule has 0 aromatic heterocycles. The predicted molar refractivity (Wildman–Crippen MR) is 65.5 cm³/mol. The maximum absolute atomic E-state index is 12.1. The Morgan fingerprint density at radius 3 is 2.50 bits per heavy atom. The maximum Gasteiger partial charge on any atom is 0.0934 e. The van der Waals surface area contributed by atoms with Gasteiger partial charge in [-0.15, -0.1) is 0 Å². The molecule has 1 aliphatic heterocycles. The van der Waals surface area contributed by atoms with Crippen molar-refractivity contribution in [1.82, 2.24) is 5.32 Å². The lowest BCUT2D eigenvalue weighted by Crippen LogP contribution is -2.35.